The molecule has 0 heterocycles. The minimum Gasteiger partial charge on any atom is -0.355 e. The Hall–Kier alpha value is -3.17. The first-order valence-electron chi connectivity index (χ1n) is 12.6. The summed E-state index contributed by atoms with van der Waals surface area (Å²) in [6.07, 6.45) is 1.93. The summed E-state index contributed by atoms with van der Waals surface area (Å²) in [5, 5.41) is 2.88. The van der Waals surface area contributed by atoms with Crippen LogP contribution in [0.1, 0.15) is 30.9 Å². The highest BCUT2D eigenvalue weighted by Gasteiger charge is 2.30. The molecule has 3 aromatic carbocycles. The molecule has 0 aromatic heterocycles. The zero-order chi connectivity index (χ0) is 27.5. The first-order chi connectivity index (χ1) is 18.2. The van der Waals surface area contributed by atoms with Crippen LogP contribution in [0, 0.1) is 0 Å². The Kier molecular flexibility index (Phi) is 10.9. The molecule has 1 atom stereocenters. The molecule has 202 valence electrons. The summed E-state index contributed by atoms with van der Waals surface area (Å²) in [4.78, 5) is 28.6. The number of halogens is 1. The monoisotopic (exact) mass is 599 g/mol. The van der Waals surface area contributed by atoms with Gasteiger partial charge in [0.05, 0.1) is 11.9 Å². The van der Waals surface area contributed by atoms with Crippen LogP contribution in [0.5, 0.6) is 0 Å². The average Bonchev–Trinajstić information content (AvgIpc) is 2.89. The number of para-hydroxylation sites is 1. The van der Waals surface area contributed by atoms with Crippen LogP contribution in [0.4, 0.5) is 5.69 Å². The Balaban J connectivity index is 1.85. The van der Waals surface area contributed by atoms with Gasteiger partial charge in [0, 0.05) is 36.9 Å². The highest BCUT2D eigenvalue weighted by molar-refractivity contribution is 9.10. The Morgan fingerprint density at radius 3 is 2.16 bits per heavy atom. The van der Waals surface area contributed by atoms with Gasteiger partial charge in [0.2, 0.25) is 21.8 Å². The van der Waals surface area contributed by atoms with E-state index in [1.807, 2.05) is 67.6 Å². The quantitative estimate of drug-likeness (QED) is 0.306. The topological polar surface area (TPSA) is 86.8 Å². The van der Waals surface area contributed by atoms with Gasteiger partial charge in [-0.05, 0) is 48.7 Å². The number of likely N-dealkylation sites (N-methyl/N-ethyl adjacent to an activating group) is 1. The fourth-order valence-corrected chi connectivity index (χ4v) is 5.69. The smallest absolute Gasteiger partial charge is 0.243 e. The summed E-state index contributed by atoms with van der Waals surface area (Å²) in [5.41, 5.74) is 2.39. The van der Waals surface area contributed by atoms with Crippen molar-refractivity contribution in [2.75, 3.05) is 23.7 Å². The number of hydrogen-bond acceptors (Lipinski definition) is 4. The molecule has 1 unspecified atom stereocenters. The van der Waals surface area contributed by atoms with Gasteiger partial charge in [0.1, 0.15) is 6.04 Å². The molecule has 0 bridgehead atoms. The zero-order valence-corrected chi connectivity index (χ0v) is 24.1. The summed E-state index contributed by atoms with van der Waals surface area (Å²) in [7, 11) is -3.53. The normalized spacial score (nSPS) is 12.0. The lowest BCUT2D eigenvalue weighted by Gasteiger charge is -2.32. The highest BCUT2D eigenvalue weighted by Crippen LogP contribution is 2.21. The molecule has 0 saturated carbocycles. The van der Waals surface area contributed by atoms with Crippen molar-refractivity contribution in [2.24, 2.45) is 0 Å². The van der Waals surface area contributed by atoms with Crippen LogP contribution in [0.25, 0.3) is 0 Å². The van der Waals surface area contributed by atoms with Crippen molar-refractivity contribution in [1.29, 1.82) is 0 Å². The summed E-state index contributed by atoms with van der Waals surface area (Å²) in [5.74, 6) is -0.430. The lowest BCUT2D eigenvalue weighted by molar-refractivity contribution is -0.141. The van der Waals surface area contributed by atoms with Gasteiger partial charge in [-0.25, -0.2) is 8.42 Å². The summed E-state index contributed by atoms with van der Waals surface area (Å²) in [6.45, 7) is 2.70. The van der Waals surface area contributed by atoms with Crippen molar-refractivity contribution in [3.63, 3.8) is 0 Å². The number of carbonyl (C=O) groups excluding carboxylic acids is 2. The third-order valence-corrected chi connectivity index (χ3v) is 7.75. The third kappa shape index (κ3) is 8.70. The zero-order valence-electron chi connectivity index (χ0n) is 21.7. The second-order valence-electron chi connectivity index (χ2n) is 9.03. The number of nitrogens with one attached hydrogen (secondary N) is 1. The largest absolute Gasteiger partial charge is 0.355 e. The molecule has 3 aromatic rings. The van der Waals surface area contributed by atoms with Crippen molar-refractivity contribution in [3.8, 4) is 0 Å². The van der Waals surface area contributed by atoms with E-state index in [4.69, 9.17) is 0 Å². The maximum atomic E-state index is 13.7. The van der Waals surface area contributed by atoms with Gasteiger partial charge in [-0.15, -0.1) is 0 Å². The Labute approximate surface area is 234 Å². The molecule has 0 aliphatic carbocycles. The van der Waals surface area contributed by atoms with Crippen LogP contribution >= 0.6 is 15.9 Å². The van der Waals surface area contributed by atoms with E-state index >= 15 is 0 Å². The number of amides is 2. The number of benzene rings is 3. The van der Waals surface area contributed by atoms with Gasteiger partial charge in [0.15, 0.2) is 0 Å². The van der Waals surface area contributed by atoms with E-state index in [-0.39, 0.29) is 31.3 Å². The molecule has 38 heavy (non-hydrogen) atoms. The van der Waals surface area contributed by atoms with Gasteiger partial charge in [-0.1, -0.05) is 76.6 Å². The van der Waals surface area contributed by atoms with Crippen molar-refractivity contribution in [1.82, 2.24) is 10.2 Å². The van der Waals surface area contributed by atoms with E-state index in [0.717, 1.165) is 21.9 Å². The van der Waals surface area contributed by atoms with E-state index in [9.17, 15) is 18.0 Å². The second kappa shape index (κ2) is 14.1. The van der Waals surface area contributed by atoms with Crippen LogP contribution in [-0.2, 0) is 32.6 Å². The minimum atomic E-state index is -3.53. The van der Waals surface area contributed by atoms with Crippen LogP contribution in [0.15, 0.2) is 89.4 Å². The van der Waals surface area contributed by atoms with Crippen LogP contribution < -0.4 is 9.62 Å². The van der Waals surface area contributed by atoms with Gasteiger partial charge >= 0.3 is 0 Å². The number of sulfonamides is 1. The summed E-state index contributed by atoms with van der Waals surface area (Å²) >= 11 is 3.49. The lowest BCUT2D eigenvalue weighted by Crippen LogP contribution is -2.50. The van der Waals surface area contributed by atoms with Crippen molar-refractivity contribution in [2.45, 2.75) is 38.8 Å². The average molecular weight is 601 g/mol. The Morgan fingerprint density at radius 2 is 1.55 bits per heavy atom. The molecule has 0 fully saturated rings. The van der Waals surface area contributed by atoms with Gasteiger partial charge < -0.3 is 10.2 Å². The minimum absolute atomic E-state index is 0.0948. The standard InChI is InChI=1S/C29H34BrN3O4S/c1-3-31-29(35)27(21-23-12-6-4-7-13-23)32(22-24-14-10-15-25(30)20-24)28(34)18-11-19-33(38(2,36)37)26-16-8-5-9-17-26/h4-10,12-17,20,27H,3,11,18-19,21-22H2,1-2H3,(H,31,35). The molecule has 0 spiro atoms. The Morgan fingerprint density at radius 1 is 0.921 bits per heavy atom. The van der Waals surface area contributed by atoms with E-state index in [2.05, 4.69) is 21.2 Å². The van der Waals surface area contributed by atoms with Crippen molar-refractivity contribution < 1.29 is 18.0 Å². The van der Waals surface area contributed by atoms with Gasteiger partial charge in [-0.2, -0.15) is 0 Å². The van der Waals surface area contributed by atoms with Crippen molar-refractivity contribution >= 4 is 43.5 Å². The molecule has 1 N–H and O–H groups in total. The Bertz CT molecular complexity index is 1300. The fraction of sp³-hybridized carbons (Fsp3) is 0.310. The van der Waals surface area contributed by atoms with E-state index in [0.29, 0.717) is 25.1 Å². The molecule has 3 rings (SSSR count). The molecule has 0 aliphatic heterocycles. The maximum absolute atomic E-state index is 13.7. The van der Waals surface area contributed by atoms with E-state index < -0.39 is 16.1 Å². The molecule has 2 amide bonds. The third-order valence-electron chi connectivity index (χ3n) is 6.06. The van der Waals surface area contributed by atoms with Crippen molar-refractivity contribution in [3.05, 3.63) is 101 Å². The molecule has 0 aliphatic rings. The predicted octanol–water partition coefficient (Wildman–Crippen LogP) is 4.77. The van der Waals surface area contributed by atoms with Gasteiger partial charge in [-0.3, -0.25) is 13.9 Å². The fourth-order valence-electron chi connectivity index (χ4n) is 4.28. The SMILES string of the molecule is CCNC(=O)C(Cc1ccccc1)N(Cc1cccc(Br)c1)C(=O)CCCN(c1ccccc1)S(C)(=O)=O. The van der Waals surface area contributed by atoms with E-state index in [1.54, 1.807) is 29.2 Å². The lowest BCUT2D eigenvalue weighted by atomic mass is 10.0. The number of rotatable bonds is 13. The molecular weight excluding hydrogens is 566 g/mol. The second-order valence-corrected chi connectivity index (χ2v) is 11.8. The molecule has 0 saturated heterocycles. The molecule has 7 nitrogen and oxygen atoms in total. The number of hydrogen-bond donors (Lipinski definition) is 1. The summed E-state index contributed by atoms with van der Waals surface area (Å²) < 4.78 is 27.1. The molecule has 0 radical (unpaired) electrons. The molecule has 9 heteroatoms. The van der Waals surface area contributed by atoms with Crippen LogP contribution in [-0.4, -0.2) is 50.5 Å². The number of carbonyl (C=O) groups is 2. The molecular formula is C29H34BrN3O4S. The first-order valence-corrected chi connectivity index (χ1v) is 15.2. The summed E-state index contributed by atoms with van der Waals surface area (Å²) in [6, 6.07) is 25.4. The van der Waals surface area contributed by atoms with Crippen LogP contribution in [0.3, 0.4) is 0 Å². The van der Waals surface area contributed by atoms with Crippen LogP contribution in [0.2, 0.25) is 0 Å². The van der Waals surface area contributed by atoms with E-state index in [1.165, 1.54) is 4.31 Å². The first kappa shape index (κ1) is 29.4. The van der Waals surface area contributed by atoms with Gasteiger partial charge in [0.25, 0.3) is 0 Å². The maximum Gasteiger partial charge on any atom is 0.243 e. The number of nitrogens with zero attached hydrogens (tertiary/aromatic N) is 2. The predicted molar refractivity (Wildman–Crippen MR) is 155 cm³/mol. The number of anilines is 1. The highest BCUT2D eigenvalue weighted by atomic mass is 79.9.